The molecule has 1 rings (SSSR count). The summed E-state index contributed by atoms with van der Waals surface area (Å²) in [7, 11) is 0. The van der Waals surface area contributed by atoms with Gasteiger partial charge >= 0.3 is 0 Å². The molecule has 1 aromatic rings. The highest BCUT2D eigenvalue weighted by Gasteiger charge is 2.01. The van der Waals surface area contributed by atoms with Gasteiger partial charge in [0.2, 0.25) is 0 Å². The summed E-state index contributed by atoms with van der Waals surface area (Å²) in [6, 6.07) is 9.81. The third-order valence-corrected chi connectivity index (χ3v) is 3.58. The Labute approximate surface area is 89.4 Å². The Hall–Kier alpha value is -0.0200. The first-order valence-corrected chi connectivity index (χ1v) is 5.74. The molecule has 0 amide bonds. The van der Waals surface area contributed by atoms with Gasteiger partial charge in [0.15, 0.2) is 0 Å². The average Bonchev–Trinajstić information content (AvgIpc) is 2.16. The lowest BCUT2D eigenvalue weighted by atomic mass is 10.3. The maximum atomic E-state index is 5.48. The van der Waals surface area contributed by atoms with E-state index in [0.717, 1.165) is 11.1 Å². The predicted molar refractivity (Wildman–Crippen MR) is 58.4 cm³/mol. The van der Waals surface area contributed by atoms with Crippen molar-refractivity contribution in [1.82, 2.24) is 0 Å². The van der Waals surface area contributed by atoms with E-state index in [2.05, 4.69) is 31.9 Å². The van der Waals surface area contributed by atoms with Crippen molar-refractivity contribution >= 4 is 31.9 Å². The lowest BCUT2D eigenvalue weighted by Crippen LogP contribution is -2.11. The molecule has 0 spiro atoms. The molecule has 0 N–H and O–H groups in total. The van der Waals surface area contributed by atoms with E-state index in [1.54, 1.807) is 0 Å². The number of ether oxygens (including phenoxy) is 1. The SMILES string of the molecule is BrCC(Br)COc1ccccc1. The summed E-state index contributed by atoms with van der Waals surface area (Å²) < 4.78 is 5.48. The first-order chi connectivity index (χ1) is 5.83. The lowest BCUT2D eigenvalue weighted by Gasteiger charge is -2.08. The lowest BCUT2D eigenvalue weighted by molar-refractivity contribution is 0.325. The number of hydrogen-bond donors (Lipinski definition) is 0. The van der Waals surface area contributed by atoms with Crippen LogP contribution in [0.5, 0.6) is 5.75 Å². The fourth-order valence-corrected chi connectivity index (χ4v) is 1.07. The van der Waals surface area contributed by atoms with Gasteiger partial charge in [-0.05, 0) is 12.1 Å². The van der Waals surface area contributed by atoms with Crippen molar-refractivity contribution in [3.63, 3.8) is 0 Å². The van der Waals surface area contributed by atoms with Crippen LogP contribution in [-0.4, -0.2) is 16.8 Å². The standard InChI is InChI=1S/C9H10Br2O/c10-6-8(11)7-12-9-4-2-1-3-5-9/h1-5,8H,6-7H2. The molecule has 0 aliphatic carbocycles. The molecule has 0 aliphatic rings. The van der Waals surface area contributed by atoms with Crippen molar-refractivity contribution in [3.05, 3.63) is 30.3 Å². The van der Waals surface area contributed by atoms with Crippen molar-refractivity contribution in [3.8, 4) is 5.75 Å². The topological polar surface area (TPSA) is 9.23 Å². The van der Waals surface area contributed by atoms with E-state index in [-0.39, 0.29) is 0 Å². The summed E-state index contributed by atoms with van der Waals surface area (Å²) in [4.78, 5) is 0.373. The molecule has 0 saturated heterocycles. The monoisotopic (exact) mass is 292 g/mol. The average molecular weight is 294 g/mol. The van der Waals surface area contributed by atoms with Crippen LogP contribution in [0.2, 0.25) is 0 Å². The van der Waals surface area contributed by atoms with Gasteiger partial charge in [0, 0.05) is 5.33 Å². The molecule has 12 heavy (non-hydrogen) atoms. The van der Waals surface area contributed by atoms with Gasteiger partial charge in [0.25, 0.3) is 0 Å². The van der Waals surface area contributed by atoms with Gasteiger partial charge < -0.3 is 4.74 Å². The van der Waals surface area contributed by atoms with Gasteiger partial charge in [0.05, 0.1) is 4.83 Å². The van der Waals surface area contributed by atoms with Crippen LogP contribution < -0.4 is 4.74 Å². The van der Waals surface area contributed by atoms with Crippen LogP contribution in [0.1, 0.15) is 0 Å². The van der Waals surface area contributed by atoms with Crippen molar-refractivity contribution in [2.45, 2.75) is 4.83 Å². The number of alkyl halides is 2. The Bertz CT molecular complexity index is 213. The molecule has 0 heterocycles. The van der Waals surface area contributed by atoms with Crippen molar-refractivity contribution < 1.29 is 4.74 Å². The minimum absolute atomic E-state index is 0.373. The third-order valence-electron chi connectivity index (χ3n) is 1.34. The van der Waals surface area contributed by atoms with E-state index >= 15 is 0 Å². The maximum Gasteiger partial charge on any atom is 0.119 e. The first kappa shape index (κ1) is 10.1. The quantitative estimate of drug-likeness (QED) is 0.775. The van der Waals surface area contributed by atoms with E-state index in [4.69, 9.17) is 4.74 Å². The molecule has 3 heteroatoms. The molecule has 0 fully saturated rings. The zero-order valence-corrected chi connectivity index (χ0v) is 9.71. The summed E-state index contributed by atoms with van der Waals surface area (Å²) in [5.74, 6) is 0.919. The van der Waals surface area contributed by atoms with Gasteiger partial charge in [-0.25, -0.2) is 0 Å². The number of halogens is 2. The molecule has 0 aromatic heterocycles. The second kappa shape index (κ2) is 5.60. The number of rotatable bonds is 4. The van der Waals surface area contributed by atoms with Crippen molar-refractivity contribution in [1.29, 1.82) is 0 Å². The van der Waals surface area contributed by atoms with Crippen molar-refractivity contribution in [2.24, 2.45) is 0 Å². The molecule has 1 aromatic carbocycles. The Morgan fingerprint density at radius 2 is 1.92 bits per heavy atom. The van der Waals surface area contributed by atoms with E-state index in [9.17, 15) is 0 Å². The second-order valence-corrected chi connectivity index (χ2v) is 4.32. The number of benzene rings is 1. The largest absolute Gasteiger partial charge is 0.492 e. The third kappa shape index (κ3) is 3.59. The minimum Gasteiger partial charge on any atom is -0.492 e. The van der Waals surface area contributed by atoms with Gasteiger partial charge in [-0.1, -0.05) is 50.1 Å². The van der Waals surface area contributed by atoms with Crippen LogP contribution in [0.4, 0.5) is 0 Å². The molecule has 0 bridgehead atoms. The van der Waals surface area contributed by atoms with E-state index in [0.29, 0.717) is 11.4 Å². The maximum absolute atomic E-state index is 5.48. The second-order valence-electron chi connectivity index (χ2n) is 2.38. The van der Waals surface area contributed by atoms with Crippen LogP contribution in [0, 0.1) is 0 Å². The Kier molecular flexibility index (Phi) is 4.69. The predicted octanol–water partition coefficient (Wildman–Crippen LogP) is 3.22. The van der Waals surface area contributed by atoms with Crippen LogP contribution in [-0.2, 0) is 0 Å². The Morgan fingerprint density at radius 1 is 1.25 bits per heavy atom. The van der Waals surface area contributed by atoms with Crippen LogP contribution in [0.3, 0.4) is 0 Å². The first-order valence-electron chi connectivity index (χ1n) is 3.71. The molecule has 66 valence electrons. The molecule has 0 aliphatic heterocycles. The molecule has 0 radical (unpaired) electrons. The highest BCUT2D eigenvalue weighted by Crippen LogP contribution is 2.11. The van der Waals surface area contributed by atoms with E-state index < -0.39 is 0 Å². The fraction of sp³-hybridized carbons (Fsp3) is 0.333. The van der Waals surface area contributed by atoms with Crippen LogP contribution >= 0.6 is 31.9 Å². The Balaban J connectivity index is 2.33. The zero-order valence-electron chi connectivity index (χ0n) is 6.54. The molecule has 1 atom stereocenters. The van der Waals surface area contributed by atoms with Gasteiger partial charge in [-0.2, -0.15) is 0 Å². The highest BCUT2D eigenvalue weighted by molar-refractivity contribution is 9.12. The molecular formula is C9H10Br2O. The summed E-state index contributed by atoms with van der Waals surface area (Å²) >= 11 is 6.82. The zero-order chi connectivity index (χ0) is 8.81. The molecule has 1 unspecified atom stereocenters. The van der Waals surface area contributed by atoms with Crippen molar-refractivity contribution in [2.75, 3.05) is 11.9 Å². The smallest absolute Gasteiger partial charge is 0.119 e. The van der Waals surface area contributed by atoms with Crippen LogP contribution in [0.15, 0.2) is 30.3 Å². The molecule has 1 nitrogen and oxygen atoms in total. The summed E-state index contributed by atoms with van der Waals surface area (Å²) in [6.45, 7) is 0.690. The van der Waals surface area contributed by atoms with Gasteiger partial charge in [-0.3, -0.25) is 0 Å². The summed E-state index contributed by atoms with van der Waals surface area (Å²) in [5, 5.41) is 0.903. The summed E-state index contributed by atoms with van der Waals surface area (Å²) in [5.41, 5.74) is 0. The number of hydrogen-bond acceptors (Lipinski definition) is 1. The van der Waals surface area contributed by atoms with E-state index in [1.807, 2.05) is 30.3 Å². The van der Waals surface area contributed by atoms with Gasteiger partial charge in [-0.15, -0.1) is 0 Å². The molecule has 0 saturated carbocycles. The number of para-hydroxylation sites is 1. The minimum atomic E-state index is 0.373. The Morgan fingerprint density at radius 3 is 2.50 bits per heavy atom. The fourth-order valence-electron chi connectivity index (χ4n) is 0.748. The van der Waals surface area contributed by atoms with Gasteiger partial charge in [0.1, 0.15) is 12.4 Å². The van der Waals surface area contributed by atoms with Crippen LogP contribution in [0.25, 0.3) is 0 Å². The normalized spacial score (nSPS) is 12.5. The highest BCUT2D eigenvalue weighted by atomic mass is 79.9. The molecular weight excluding hydrogens is 284 g/mol. The van der Waals surface area contributed by atoms with E-state index in [1.165, 1.54) is 0 Å². The summed E-state index contributed by atoms with van der Waals surface area (Å²) in [6.07, 6.45) is 0.